The monoisotopic (exact) mass is 498 g/mol. The molecule has 0 saturated heterocycles. The van der Waals surface area contributed by atoms with E-state index >= 15 is 0 Å². The first-order valence-corrected chi connectivity index (χ1v) is 12.0. The highest BCUT2D eigenvalue weighted by Gasteiger charge is 2.61. The molecule has 0 unspecified atom stereocenters. The van der Waals surface area contributed by atoms with Gasteiger partial charge in [0.25, 0.3) is 0 Å². The summed E-state index contributed by atoms with van der Waals surface area (Å²) in [5.74, 6) is 0.927. The topological polar surface area (TPSA) is 40.5 Å². The molecule has 8 heteroatoms. The van der Waals surface area contributed by atoms with Crippen LogP contribution in [0.5, 0.6) is 5.75 Å². The van der Waals surface area contributed by atoms with E-state index in [-0.39, 0.29) is 41.6 Å². The zero-order valence-corrected chi connectivity index (χ0v) is 19.3. The molecular formula is C27H28F6O2. The lowest BCUT2D eigenvalue weighted by Gasteiger charge is -2.53. The number of rotatable bonds is 2. The van der Waals surface area contributed by atoms with Crippen LogP contribution in [-0.4, -0.2) is 15.8 Å². The van der Waals surface area contributed by atoms with E-state index in [1.165, 1.54) is 5.56 Å². The molecule has 2 saturated carbocycles. The molecule has 2 N–H and O–H groups in total. The third-order valence-electron chi connectivity index (χ3n) is 9.18. The zero-order valence-electron chi connectivity index (χ0n) is 19.3. The van der Waals surface area contributed by atoms with Gasteiger partial charge >= 0.3 is 12.4 Å². The number of benzene rings is 2. The summed E-state index contributed by atoms with van der Waals surface area (Å²) in [7, 11) is 0. The van der Waals surface area contributed by atoms with Gasteiger partial charge in [0.05, 0.1) is 16.7 Å². The smallest absolute Gasteiger partial charge is 0.416 e. The highest BCUT2D eigenvalue weighted by molar-refractivity contribution is 5.41. The number of hydrogen-bond acceptors (Lipinski definition) is 2. The predicted molar refractivity (Wildman–Crippen MR) is 118 cm³/mol. The van der Waals surface area contributed by atoms with Crippen molar-refractivity contribution in [3.63, 3.8) is 0 Å². The quantitative estimate of drug-likeness (QED) is 0.428. The van der Waals surface area contributed by atoms with Gasteiger partial charge in [-0.2, -0.15) is 26.3 Å². The lowest BCUT2D eigenvalue weighted by molar-refractivity contribution is -0.143. The molecule has 3 aliphatic carbocycles. The molecule has 5 atom stereocenters. The SMILES string of the molecule is C[C@]12CC[C@@H]3c4ccc(O)cc4CC[C@H]3[C@@H]1CC[C@@]2(O)Cc1cc(C(F)(F)F)cc(C(F)(F)F)c1. The summed E-state index contributed by atoms with van der Waals surface area (Å²) in [5.41, 5.74) is -2.47. The number of phenolic OH excluding ortho intramolecular Hbond substituents is 1. The van der Waals surface area contributed by atoms with E-state index in [4.69, 9.17) is 0 Å². The molecule has 5 rings (SSSR count). The Morgan fingerprint density at radius 1 is 0.886 bits per heavy atom. The van der Waals surface area contributed by atoms with Crippen molar-refractivity contribution in [2.75, 3.05) is 0 Å². The van der Waals surface area contributed by atoms with Crippen molar-refractivity contribution < 1.29 is 36.6 Å². The van der Waals surface area contributed by atoms with E-state index in [2.05, 4.69) is 0 Å². The van der Waals surface area contributed by atoms with E-state index in [0.717, 1.165) is 37.0 Å². The van der Waals surface area contributed by atoms with Crippen LogP contribution in [0.3, 0.4) is 0 Å². The summed E-state index contributed by atoms with van der Waals surface area (Å²) in [6.07, 6.45) is -5.92. The maximum absolute atomic E-state index is 13.4. The van der Waals surface area contributed by atoms with E-state index in [0.29, 0.717) is 19.3 Å². The molecule has 0 radical (unpaired) electrons. The number of aryl methyl sites for hydroxylation is 1. The second-order valence-corrected chi connectivity index (χ2v) is 10.9. The lowest BCUT2D eigenvalue weighted by atomic mass is 9.53. The Labute approximate surface area is 200 Å². The van der Waals surface area contributed by atoms with Gasteiger partial charge in [-0.1, -0.05) is 13.0 Å². The Bertz CT molecular complexity index is 1110. The molecule has 35 heavy (non-hydrogen) atoms. The summed E-state index contributed by atoms with van der Waals surface area (Å²) in [4.78, 5) is 0. The number of halogens is 6. The molecule has 190 valence electrons. The predicted octanol–water partition coefficient (Wildman–Crippen LogP) is 7.26. The number of aromatic hydroxyl groups is 1. The Hall–Kier alpha value is -2.22. The van der Waals surface area contributed by atoms with E-state index in [1.54, 1.807) is 12.1 Å². The molecule has 0 spiro atoms. The highest BCUT2D eigenvalue weighted by atomic mass is 19.4. The average Bonchev–Trinajstić information content (AvgIpc) is 3.02. The van der Waals surface area contributed by atoms with E-state index < -0.39 is 34.5 Å². The second kappa shape index (κ2) is 7.89. The molecule has 2 nitrogen and oxygen atoms in total. The first-order chi connectivity index (χ1) is 16.2. The second-order valence-electron chi connectivity index (χ2n) is 10.9. The van der Waals surface area contributed by atoms with Crippen molar-refractivity contribution >= 4 is 0 Å². The summed E-state index contributed by atoms with van der Waals surface area (Å²) >= 11 is 0. The van der Waals surface area contributed by atoms with Crippen LogP contribution in [0.1, 0.15) is 72.8 Å². The van der Waals surface area contributed by atoms with Gasteiger partial charge < -0.3 is 10.2 Å². The van der Waals surface area contributed by atoms with E-state index in [1.807, 2.05) is 13.0 Å². The first-order valence-electron chi connectivity index (χ1n) is 12.0. The minimum Gasteiger partial charge on any atom is -0.508 e. The summed E-state index contributed by atoms with van der Waals surface area (Å²) in [5, 5.41) is 21.7. The number of hydrogen-bond donors (Lipinski definition) is 2. The molecule has 2 fully saturated rings. The maximum Gasteiger partial charge on any atom is 0.416 e. The van der Waals surface area contributed by atoms with Gasteiger partial charge in [0.1, 0.15) is 5.75 Å². The van der Waals surface area contributed by atoms with Gasteiger partial charge in [0.2, 0.25) is 0 Å². The summed E-state index contributed by atoms with van der Waals surface area (Å²) in [6, 6.07) is 7.08. The number of phenols is 1. The normalized spacial score (nSPS) is 32.6. The fourth-order valence-corrected chi connectivity index (χ4v) is 7.43. The van der Waals surface area contributed by atoms with Gasteiger partial charge in [-0.25, -0.2) is 0 Å². The minimum absolute atomic E-state index is 0.126. The fraction of sp³-hybridized carbons (Fsp3) is 0.556. The van der Waals surface area contributed by atoms with Crippen LogP contribution in [0.4, 0.5) is 26.3 Å². The number of alkyl halides is 6. The van der Waals surface area contributed by atoms with Crippen LogP contribution in [0, 0.1) is 17.3 Å². The number of aliphatic hydroxyl groups is 1. The molecule has 0 amide bonds. The largest absolute Gasteiger partial charge is 0.508 e. The first kappa shape index (κ1) is 24.5. The fourth-order valence-electron chi connectivity index (χ4n) is 7.43. The Kier molecular flexibility index (Phi) is 5.52. The van der Waals surface area contributed by atoms with Crippen LogP contribution in [0.2, 0.25) is 0 Å². The number of fused-ring (bicyclic) bond motifs is 5. The zero-order chi connectivity index (χ0) is 25.4. The van der Waals surface area contributed by atoms with Crippen LogP contribution < -0.4 is 0 Å². The lowest BCUT2D eigenvalue weighted by Crippen LogP contribution is -2.51. The molecule has 2 aromatic carbocycles. The van der Waals surface area contributed by atoms with Crippen molar-refractivity contribution in [2.45, 2.75) is 75.7 Å². The third-order valence-corrected chi connectivity index (χ3v) is 9.18. The average molecular weight is 499 g/mol. The van der Waals surface area contributed by atoms with Crippen molar-refractivity contribution in [1.29, 1.82) is 0 Å². The van der Waals surface area contributed by atoms with Crippen molar-refractivity contribution in [3.8, 4) is 5.75 Å². The molecule has 0 bridgehead atoms. The Morgan fingerprint density at radius 2 is 1.54 bits per heavy atom. The van der Waals surface area contributed by atoms with Crippen LogP contribution in [0.25, 0.3) is 0 Å². The van der Waals surface area contributed by atoms with Crippen LogP contribution in [-0.2, 0) is 25.2 Å². The summed E-state index contributed by atoms with van der Waals surface area (Å²) in [6.45, 7) is 1.96. The van der Waals surface area contributed by atoms with Crippen molar-refractivity contribution in [1.82, 2.24) is 0 Å². The minimum atomic E-state index is -4.91. The van der Waals surface area contributed by atoms with Crippen LogP contribution >= 0.6 is 0 Å². The van der Waals surface area contributed by atoms with Gasteiger partial charge in [-0.3, -0.25) is 0 Å². The van der Waals surface area contributed by atoms with Crippen molar-refractivity contribution in [3.05, 3.63) is 64.2 Å². The molecule has 0 heterocycles. The van der Waals surface area contributed by atoms with Gasteiger partial charge in [-0.15, -0.1) is 0 Å². The Morgan fingerprint density at radius 3 is 2.17 bits per heavy atom. The van der Waals surface area contributed by atoms with Gasteiger partial charge in [-0.05, 0) is 109 Å². The summed E-state index contributed by atoms with van der Waals surface area (Å²) < 4.78 is 80.3. The third kappa shape index (κ3) is 4.02. The van der Waals surface area contributed by atoms with E-state index in [9.17, 15) is 36.6 Å². The van der Waals surface area contributed by atoms with Gasteiger partial charge in [0, 0.05) is 6.42 Å². The molecule has 2 aromatic rings. The molecule has 0 aliphatic heterocycles. The van der Waals surface area contributed by atoms with Crippen molar-refractivity contribution in [2.24, 2.45) is 17.3 Å². The molecule has 3 aliphatic rings. The maximum atomic E-state index is 13.4. The molecular weight excluding hydrogens is 470 g/mol. The molecule has 0 aromatic heterocycles. The van der Waals surface area contributed by atoms with Crippen LogP contribution in [0.15, 0.2) is 36.4 Å². The standard InChI is InChI=1S/C27H28F6O2/c1-24-8-6-21-20-5-3-19(34)12-16(20)2-4-22(21)23(24)7-9-25(24,35)14-15-10-17(26(28,29)30)13-18(11-15)27(31,32)33/h3,5,10-13,21-23,34-35H,2,4,6-9,14H2,1H3/t21-,22-,23+,24+,25-/m1/s1. The highest BCUT2D eigenvalue weighted by Crippen LogP contribution is 2.65. The van der Waals surface area contributed by atoms with Gasteiger partial charge in [0.15, 0.2) is 0 Å². The Balaban J connectivity index is 1.46.